The first-order valence-corrected chi connectivity index (χ1v) is 13.1. The molecule has 2 fully saturated rings. The van der Waals surface area contributed by atoms with E-state index in [0.29, 0.717) is 35.8 Å². The summed E-state index contributed by atoms with van der Waals surface area (Å²) in [4.78, 5) is 14.0. The van der Waals surface area contributed by atoms with Gasteiger partial charge in [0.1, 0.15) is 0 Å². The summed E-state index contributed by atoms with van der Waals surface area (Å²) in [6, 6.07) is 11.1. The lowest BCUT2D eigenvalue weighted by Gasteiger charge is -2.40. The summed E-state index contributed by atoms with van der Waals surface area (Å²) in [6.07, 6.45) is 4.80. The van der Waals surface area contributed by atoms with E-state index in [-0.39, 0.29) is 11.3 Å². The Morgan fingerprint density at radius 2 is 1.82 bits per heavy atom. The number of carbonyl (C=O) groups is 1. The fraction of sp³-hybridized carbons (Fsp3) is 0.417. The van der Waals surface area contributed by atoms with E-state index < -0.39 is 16.0 Å². The molecule has 4 heterocycles. The van der Waals surface area contributed by atoms with Crippen LogP contribution in [0.4, 0.5) is 0 Å². The third kappa shape index (κ3) is 4.46. The van der Waals surface area contributed by atoms with Crippen LogP contribution in [-0.2, 0) is 21.2 Å². The Morgan fingerprint density at radius 3 is 2.56 bits per heavy atom. The van der Waals surface area contributed by atoms with Crippen molar-refractivity contribution in [3.63, 3.8) is 0 Å². The first-order chi connectivity index (χ1) is 16.4. The number of piperidine rings is 1. The van der Waals surface area contributed by atoms with Crippen molar-refractivity contribution in [2.24, 2.45) is 0 Å². The van der Waals surface area contributed by atoms with Gasteiger partial charge in [-0.2, -0.15) is 9.40 Å². The molecule has 0 saturated carbocycles. The molecule has 0 radical (unpaired) electrons. The van der Waals surface area contributed by atoms with Gasteiger partial charge in [0.25, 0.3) is 0 Å². The lowest BCUT2D eigenvalue weighted by atomic mass is 10.0. The van der Waals surface area contributed by atoms with Gasteiger partial charge in [0, 0.05) is 62.6 Å². The summed E-state index contributed by atoms with van der Waals surface area (Å²) in [5.41, 5.74) is 2.57. The molecule has 0 atom stereocenters. The molecule has 1 aromatic carbocycles. The standard InChI is InChI=1S/C24H29N5O4S/c30-24(31)16-19-17-26-29-12-5-18(15-22(19)29)21-3-1-2-4-23(21)34(32,33)28-10-6-20(7-11-28)27-13-8-25-9-14-27/h1-5,12,15,17,20,25H,6-11,13-14,16H2,(H,30,31). The van der Waals surface area contributed by atoms with Gasteiger partial charge in [-0.05, 0) is 36.6 Å². The number of hydrogen-bond acceptors (Lipinski definition) is 6. The van der Waals surface area contributed by atoms with Gasteiger partial charge in [0.15, 0.2) is 0 Å². The van der Waals surface area contributed by atoms with E-state index >= 15 is 0 Å². The quantitative estimate of drug-likeness (QED) is 0.549. The topological polar surface area (TPSA) is 107 Å². The number of nitrogens with one attached hydrogen (secondary N) is 1. The second-order valence-corrected chi connectivity index (χ2v) is 10.8. The maximum Gasteiger partial charge on any atom is 0.307 e. The Bertz CT molecular complexity index is 1290. The first kappa shape index (κ1) is 23.0. The van der Waals surface area contributed by atoms with Crippen LogP contribution in [0.5, 0.6) is 0 Å². The summed E-state index contributed by atoms with van der Waals surface area (Å²) in [5.74, 6) is -0.938. The summed E-state index contributed by atoms with van der Waals surface area (Å²) < 4.78 is 30.6. The number of sulfonamides is 1. The van der Waals surface area contributed by atoms with Crippen molar-refractivity contribution in [3.05, 3.63) is 54.4 Å². The molecule has 2 saturated heterocycles. The van der Waals surface area contributed by atoms with Crippen LogP contribution in [0.2, 0.25) is 0 Å². The Labute approximate surface area is 199 Å². The molecule has 180 valence electrons. The molecule has 2 N–H and O–H groups in total. The number of aliphatic carboxylic acids is 1. The fourth-order valence-electron chi connectivity index (χ4n) is 5.06. The molecule has 34 heavy (non-hydrogen) atoms. The van der Waals surface area contributed by atoms with Crippen molar-refractivity contribution in [2.75, 3.05) is 39.3 Å². The number of benzene rings is 1. The highest BCUT2D eigenvalue weighted by atomic mass is 32.2. The fourth-order valence-corrected chi connectivity index (χ4v) is 6.75. The number of rotatable bonds is 6. The van der Waals surface area contributed by atoms with Crippen molar-refractivity contribution in [3.8, 4) is 11.1 Å². The number of carboxylic acids is 1. The second-order valence-electron chi connectivity index (χ2n) is 8.90. The van der Waals surface area contributed by atoms with E-state index in [9.17, 15) is 18.3 Å². The minimum Gasteiger partial charge on any atom is -0.481 e. The summed E-state index contributed by atoms with van der Waals surface area (Å²) in [6.45, 7) is 5.02. The maximum atomic E-state index is 13.7. The van der Waals surface area contributed by atoms with Gasteiger partial charge in [0.2, 0.25) is 10.0 Å². The smallest absolute Gasteiger partial charge is 0.307 e. The van der Waals surface area contributed by atoms with Crippen LogP contribution in [0.15, 0.2) is 53.7 Å². The highest BCUT2D eigenvalue weighted by molar-refractivity contribution is 7.89. The molecular formula is C24H29N5O4S. The average Bonchev–Trinajstić information content (AvgIpc) is 3.26. The average molecular weight is 484 g/mol. The third-order valence-corrected chi connectivity index (χ3v) is 8.81. The van der Waals surface area contributed by atoms with E-state index in [0.717, 1.165) is 44.6 Å². The number of fused-ring (bicyclic) bond motifs is 1. The van der Waals surface area contributed by atoms with Crippen LogP contribution in [0.1, 0.15) is 18.4 Å². The molecule has 0 aliphatic carbocycles. The lowest BCUT2D eigenvalue weighted by Crippen LogP contribution is -2.52. The molecule has 2 aliphatic heterocycles. The van der Waals surface area contributed by atoms with Gasteiger partial charge in [0.05, 0.1) is 23.0 Å². The van der Waals surface area contributed by atoms with Gasteiger partial charge in [-0.3, -0.25) is 9.69 Å². The van der Waals surface area contributed by atoms with E-state index in [1.165, 1.54) is 0 Å². The van der Waals surface area contributed by atoms with Gasteiger partial charge < -0.3 is 10.4 Å². The number of nitrogens with zero attached hydrogens (tertiary/aromatic N) is 4. The van der Waals surface area contributed by atoms with E-state index in [2.05, 4.69) is 15.3 Å². The molecule has 3 aromatic rings. The predicted molar refractivity (Wildman–Crippen MR) is 128 cm³/mol. The van der Waals surface area contributed by atoms with Gasteiger partial charge >= 0.3 is 5.97 Å². The molecule has 2 aromatic heterocycles. The van der Waals surface area contributed by atoms with Crippen LogP contribution < -0.4 is 5.32 Å². The molecule has 9 nitrogen and oxygen atoms in total. The van der Waals surface area contributed by atoms with E-state index in [1.807, 2.05) is 18.2 Å². The summed E-state index contributed by atoms with van der Waals surface area (Å²) >= 11 is 0. The number of pyridine rings is 1. The SMILES string of the molecule is O=C(O)Cc1cnn2ccc(-c3ccccc3S(=O)(=O)N3CCC(N4CCNCC4)CC3)cc12. The minimum atomic E-state index is -3.68. The molecule has 10 heteroatoms. The highest BCUT2D eigenvalue weighted by Crippen LogP contribution is 2.32. The van der Waals surface area contributed by atoms with Crippen molar-refractivity contribution >= 4 is 21.5 Å². The lowest BCUT2D eigenvalue weighted by molar-refractivity contribution is -0.136. The molecular weight excluding hydrogens is 454 g/mol. The van der Waals surface area contributed by atoms with E-state index in [4.69, 9.17) is 0 Å². The van der Waals surface area contributed by atoms with Crippen LogP contribution in [0, 0.1) is 0 Å². The first-order valence-electron chi connectivity index (χ1n) is 11.7. The van der Waals surface area contributed by atoms with Crippen molar-refractivity contribution in [1.82, 2.24) is 24.1 Å². The van der Waals surface area contributed by atoms with Crippen molar-refractivity contribution in [1.29, 1.82) is 0 Å². The van der Waals surface area contributed by atoms with E-state index in [1.54, 1.807) is 39.4 Å². The number of hydrogen-bond donors (Lipinski definition) is 2. The maximum absolute atomic E-state index is 13.7. The zero-order valence-electron chi connectivity index (χ0n) is 18.9. The Hall–Kier alpha value is -2.79. The molecule has 0 spiro atoms. The summed E-state index contributed by atoms with van der Waals surface area (Å²) in [5, 5.41) is 16.8. The minimum absolute atomic E-state index is 0.144. The third-order valence-electron chi connectivity index (χ3n) is 6.85. The summed E-state index contributed by atoms with van der Waals surface area (Å²) in [7, 11) is -3.68. The zero-order valence-corrected chi connectivity index (χ0v) is 19.7. The largest absolute Gasteiger partial charge is 0.481 e. The Kier molecular flexibility index (Phi) is 6.39. The van der Waals surface area contributed by atoms with Gasteiger partial charge in [-0.1, -0.05) is 18.2 Å². The van der Waals surface area contributed by atoms with Crippen LogP contribution in [-0.4, -0.2) is 83.6 Å². The highest BCUT2D eigenvalue weighted by Gasteiger charge is 2.33. The molecule has 0 amide bonds. The van der Waals surface area contributed by atoms with Crippen molar-refractivity contribution in [2.45, 2.75) is 30.2 Å². The second kappa shape index (κ2) is 9.46. The van der Waals surface area contributed by atoms with Crippen LogP contribution in [0.3, 0.4) is 0 Å². The van der Waals surface area contributed by atoms with Gasteiger partial charge in [-0.15, -0.1) is 0 Å². The number of aromatic nitrogens is 2. The van der Waals surface area contributed by atoms with Gasteiger partial charge in [-0.25, -0.2) is 12.9 Å². The molecule has 0 unspecified atom stereocenters. The molecule has 5 rings (SSSR count). The van der Waals surface area contributed by atoms with Crippen molar-refractivity contribution < 1.29 is 18.3 Å². The predicted octanol–water partition coefficient (Wildman–Crippen LogP) is 1.69. The van der Waals surface area contributed by atoms with Crippen LogP contribution in [0.25, 0.3) is 16.6 Å². The number of carboxylic acid groups (broad SMARTS) is 1. The Balaban J connectivity index is 1.42. The zero-order chi connectivity index (χ0) is 23.7. The molecule has 2 aliphatic rings. The Morgan fingerprint density at radius 1 is 1.09 bits per heavy atom. The normalized spacial score (nSPS) is 18.9. The molecule has 0 bridgehead atoms. The van der Waals surface area contributed by atoms with Crippen LogP contribution >= 0.6 is 0 Å². The number of piperazine rings is 1. The monoisotopic (exact) mass is 483 g/mol.